The zero-order valence-electron chi connectivity index (χ0n) is 3.35. The Morgan fingerprint density at radius 3 is 2.83 bits per heavy atom. The third-order valence-electron chi connectivity index (χ3n) is 0.713. The van der Waals surface area contributed by atoms with Crippen LogP contribution in [0, 0.1) is 0 Å². The Labute approximate surface area is 35.9 Å². The molecule has 3 heteroatoms. The van der Waals surface area contributed by atoms with E-state index in [0.717, 1.165) is 6.54 Å². The van der Waals surface area contributed by atoms with Gasteiger partial charge >= 0.3 is 0 Å². The smallest absolute Gasteiger partial charge is 0.175 e. The molecule has 1 fully saturated rings. The molecule has 3 nitrogen and oxygen atoms in total. The Hall–Kier alpha value is -0.120. The van der Waals surface area contributed by atoms with Gasteiger partial charge in [0.1, 0.15) is 0 Å². The SMILES string of the molecule is O[C@H]1CCNO1. The molecule has 1 aliphatic rings. The third-order valence-corrected chi connectivity index (χ3v) is 0.713. The molecular formula is C3H7NO2. The summed E-state index contributed by atoms with van der Waals surface area (Å²) in [7, 11) is 0. The highest BCUT2D eigenvalue weighted by molar-refractivity contribution is 4.47. The van der Waals surface area contributed by atoms with Gasteiger partial charge in [-0.1, -0.05) is 0 Å². The molecule has 0 aliphatic carbocycles. The molecule has 0 radical (unpaired) electrons. The van der Waals surface area contributed by atoms with Crippen LogP contribution in [-0.4, -0.2) is 17.9 Å². The zero-order chi connectivity index (χ0) is 4.41. The predicted octanol–water partition coefficient (Wildman–Crippen LogP) is -0.770. The van der Waals surface area contributed by atoms with E-state index in [0.29, 0.717) is 6.42 Å². The van der Waals surface area contributed by atoms with Crippen molar-refractivity contribution in [3.63, 3.8) is 0 Å². The average Bonchev–Trinajstić information content (AvgIpc) is 1.86. The van der Waals surface area contributed by atoms with Crippen molar-refractivity contribution in [3.05, 3.63) is 0 Å². The molecule has 0 unspecified atom stereocenters. The van der Waals surface area contributed by atoms with Crippen LogP contribution in [0.1, 0.15) is 6.42 Å². The Morgan fingerprint density at radius 2 is 2.67 bits per heavy atom. The summed E-state index contributed by atoms with van der Waals surface area (Å²) in [4.78, 5) is 4.46. The van der Waals surface area contributed by atoms with Crippen LogP contribution in [-0.2, 0) is 4.84 Å². The van der Waals surface area contributed by atoms with Gasteiger partial charge in [0.2, 0.25) is 0 Å². The van der Waals surface area contributed by atoms with Gasteiger partial charge in [-0.05, 0) is 0 Å². The van der Waals surface area contributed by atoms with Crippen LogP contribution in [0.15, 0.2) is 0 Å². The molecule has 1 heterocycles. The number of nitrogens with one attached hydrogen (secondary N) is 1. The Kier molecular flexibility index (Phi) is 1.05. The Balaban J connectivity index is 2.18. The zero-order valence-corrected chi connectivity index (χ0v) is 3.35. The minimum atomic E-state index is -0.565. The van der Waals surface area contributed by atoms with Crippen LogP contribution < -0.4 is 5.48 Å². The molecule has 0 aromatic heterocycles. The van der Waals surface area contributed by atoms with Crippen molar-refractivity contribution in [2.75, 3.05) is 6.54 Å². The second-order valence-corrected chi connectivity index (χ2v) is 1.26. The van der Waals surface area contributed by atoms with E-state index >= 15 is 0 Å². The second kappa shape index (κ2) is 1.55. The molecule has 0 bridgehead atoms. The maximum atomic E-state index is 8.44. The van der Waals surface area contributed by atoms with Gasteiger partial charge in [-0.3, -0.25) is 4.84 Å². The molecule has 0 aromatic rings. The van der Waals surface area contributed by atoms with Gasteiger partial charge in [-0.25, -0.2) is 0 Å². The summed E-state index contributed by atoms with van der Waals surface area (Å²) in [5, 5.41) is 8.44. The van der Waals surface area contributed by atoms with E-state index in [4.69, 9.17) is 5.11 Å². The van der Waals surface area contributed by atoms with E-state index in [1.807, 2.05) is 0 Å². The van der Waals surface area contributed by atoms with Crippen LogP contribution in [0.5, 0.6) is 0 Å². The summed E-state index contributed by atoms with van der Waals surface area (Å²) in [5.41, 5.74) is 2.52. The lowest BCUT2D eigenvalue weighted by Gasteiger charge is -1.92. The minimum absolute atomic E-state index is 0.565. The van der Waals surface area contributed by atoms with Gasteiger partial charge < -0.3 is 5.11 Å². The summed E-state index contributed by atoms with van der Waals surface area (Å²) in [5.74, 6) is 0. The first-order valence-corrected chi connectivity index (χ1v) is 1.96. The number of hydroxylamine groups is 1. The van der Waals surface area contributed by atoms with Gasteiger partial charge in [0.05, 0.1) is 0 Å². The van der Waals surface area contributed by atoms with Crippen molar-refractivity contribution in [1.82, 2.24) is 5.48 Å². The van der Waals surface area contributed by atoms with Gasteiger partial charge in [-0.2, -0.15) is 5.48 Å². The third kappa shape index (κ3) is 0.680. The van der Waals surface area contributed by atoms with Crippen molar-refractivity contribution in [2.45, 2.75) is 12.7 Å². The number of aliphatic hydroxyl groups is 1. The summed E-state index contributed by atoms with van der Waals surface area (Å²) in [6.07, 6.45) is 0.144. The highest BCUT2D eigenvalue weighted by Crippen LogP contribution is 1.95. The topological polar surface area (TPSA) is 41.5 Å². The summed E-state index contributed by atoms with van der Waals surface area (Å²) in [6.45, 7) is 0.765. The van der Waals surface area contributed by atoms with E-state index in [1.54, 1.807) is 0 Å². The lowest BCUT2D eigenvalue weighted by Crippen LogP contribution is -2.07. The van der Waals surface area contributed by atoms with Gasteiger partial charge in [-0.15, -0.1) is 0 Å². The normalized spacial score (nSPS) is 34.5. The van der Waals surface area contributed by atoms with Crippen molar-refractivity contribution in [3.8, 4) is 0 Å². The Bertz CT molecular complexity index is 42.1. The molecule has 2 N–H and O–H groups in total. The second-order valence-electron chi connectivity index (χ2n) is 1.26. The number of rotatable bonds is 0. The van der Waals surface area contributed by atoms with Crippen LogP contribution in [0.4, 0.5) is 0 Å². The molecule has 0 amide bonds. The van der Waals surface area contributed by atoms with E-state index in [-0.39, 0.29) is 0 Å². The first-order chi connectivity index (χ1) is 2.89. The largest absolute Gasteiger partial charge is 0.366 e. The Morgan fingerprint density at radius 1 is 1.83 bits per heavy atom. The van der Waals surface area contributed by atoms with Gasteiger partial charge in [0.15, 0.2) is 6.29 Å². The fraction of sp³-hybridized carbons (Fsp3) is 1.00. The fourth-order valence-corrected chi connectivity index (χ4v) is 0.396. The van der Waals surface area contributed by atoms with Crippen molar-refractivity contribution in [2.24, 2.45) is 0 Å². The number of aliphatic hydroxyl groups excluding tert-OH is 1. The monoisotopic (exact) mass is 89.0 g/mol. The molecule has 36 valence electrons. The van der Waals surface area contributed by atoms with Crippen molar-refractivity contribution < 1.29 is 9.94 Å². The van der Waals surface area contributed by atoms with Gasteiger partial charge in [0, 0.05) is 13.0 Å². The van der Waals surface area contributed by atoms with Crippen LogP contribution >= 0.6 is 0 Å². The predicted molar refractivity (Wildman–Crippen MR) is 19.7 cm³/mol. The highest BCUT2D eigenvalue weighted by Gasteiger charge is 2.08. The van der Waals surface area contributed by atoms with Crippen LogP contribution in [0.25, 0.3) is 0 Å². The molecule has 0 spiro atoms. The summed E-state index contributed by atoms with van der Waals surface area (Å²) in [6, 6.07) is 0. The maximum absolute atomic E-state index is 8.44. The molecule has 1 atom stereocenters. The standard InChI is InChI=1S/C3H7NO2/c5-3-1-2-4-6-3/h3-5H,1-2H2/t3-/m1/s1. The number of hydrogen-bond donors (Lipinski definition) is 2. The average molecular weight is 89.1 g/mol. The lowest BCUT2D eigenvalue weighted by molar-refractivity contribution is -0.0994. The molecule has 1 rings (SSSR count). The van der Waals surface area contributed by atoms with Crippen LogP contribution in [0.3, 0.4) is 0 Å². The number of hydrogen-bond acceptors (Lipinski definition) is 3. The molecule has 0 aromatic carbocycles. The fourth-order valence-electron chi connectivity index (χ4n) is 0.396. The van der Waals surface area contributed by atoms with E-state index in [1.165, 1.54) is 0 Å². The highest BCUT2D eigenvalue weighted by atomic mass is 16.7. The molecular weight excluding hydrogens is 82.0 g/mol. The minimum Gasteiger partial charge on any atom is -0.366 e. The van der Waals surface area contributed by atoms with E-state index in [2.05, 4.69) is 10.3 Å². The molecule has 1 aliphatic heterocycles. The molecule has 1 saturated heterocycles. The van der Waals surface area contributed by atoms with Crippen molar-refractivity contribution in [1.29, 1.82) is 0 Å². The van der Waals surface area contributed by atoms with E-state index in [9.17, 15) is 0 Å². The van der Waals surface area contributed by atoms with E-state index < -0.39 is 6.29 Å². The van der Waals surface area contributed by atoms with Gasteiger partial charge in [0.25, 0.3) is 0 Å². The first-order valence-electron chi connectivity index (χ1n) is 1.96. The quantitative estimate of drug-likeness (QED) is 0.409. The van der Waals surface area contributed by atoms with Crippen molar-refractivity contribution >= 4 is 0 Å². The van der Waals surface area contributed by atoms with Crippen LogP contribution in [0.2, 0.25) is 0 Å². The first kappa shape index (κ1) is 4.05. The maximum Gasteiger partial charge on any atom is 0.175 e. The molecule has 0 saturated carbocycles. The summed E-state index contributed by atoms with van der Waals surface area (Å²) >= 11 is 0. The molecule has 6 heavy (non-hydrogen) atoms. The summed E-state index contributed by atoms with van der Waals surface area (Å²) < 4.78 is 0. The lowest BCUT2D eigenvalue weighted by atomic mass is 10.5.